The first kappa shape index (κ1) is 24.2. The number of hydrogen-bond acceptors (Lipinski definition) is 6. The molecule has 3 atom stereocenters. The lowest BCUT2D eigenvalue weighted by molar-refractivity contribution is -0.178. The fraction of sp³-hybridized carbons (Fsp3) is 0.542. The van der Waals surface area contributed by atoms with Crippen LogP contribution in [0.4, 0.5) is 18.9 Å². The molecule has 0 spiro atoms. The van der Waals surface area contributed by atoms with Crippen molar-refractivity contribution in [2.24, 2.45) is 5.92 Å². The number of carbonyl (C=O) groups is 1. The van der Waals surface area contributed by atoms with Gasteiger partial charge in [-0.2, -0.15) is 18.4 Å². The molecule has 0 bridgehead atoms. The van der Waals surface area contributed by atoms with Crippen LogP contribution in [-0.2, 0) is 4.79 Å². The van der Waals surface area contributed by atoms with Gasteiger partial charge in [-0.05, 0) is 44.7 Å². The van der Waals surface area contributed by atoms with Gasteiger partial charge in [-0.3, -0.25) is 14.7 Å². The summed E-state index contributed by atoms with van der Waals surface area (Å²) in [5.74, 6) is -1.82. The lowest BCUT2D eigenvalue weighted by atomic mass is 9.92. The first-order valence-corrected chi connectivity index (χ1v) is 11.5. The largest absolute Gasteiger partial charge is 0.393 e. The van der Waals surface area contributed by atoms with Crippen LogP contribution in [0.25, 0.3) is 10.9 Å². The van der Waals surface area contributed by atoms with Crippen LogP contribution in [-0.4, -0.2) is 85.3 Å². The van der Waals surface area contributed by atoms with Gasteiger partial charge in [-0.1, -0.05) is 0 Å². The quantitative estimate of drug-likeness (QED) is 0.735. The zero-order valence-electron chi connectivity index (χ0n) is 19.3. The van der Waals surface area contributed by atoms with Crippen molar-refractivity contribution in [2.75, 3.05) is 51.2 Å². The van der Waals surface area contributed by atoms with Gasteiger partial charge in [0.15, 0.2) is 0 Å². The van der Waals surface area contributed by atoms with Gasteiger partial charge in [-0.25, -0.2) is 0 Å². The van der Waals surface area contributed by atoms with Crippen molar-refractivity contribution in [3.8, 4) is 6.07 Å². The van der Waals surface area contributed by atoms with Crippen LogP contribution in [0, 0.1) is 17.2 Å². The highest BCUT2D eigenvalue weighted by molar-refractivity contribution is 5.95. The van der Waals surface area contributed by atoms with Gasteiger partial charge < -0.3 is 15.1 Å². The molecule has 2 aromatic rings. The molecule has 0 unspecified atom stereocenters. The first-order chi connectivity index (χ1) is 16.2. The summed E-state index contributed by atoms with van der Waals surface area (Å²) in [4.78, 5) is 23.2. The number of hydrogen-bond donors (Lipinski definition) is 1. The van der Waals surface area contributed by atoms with E-state index in [1.807, 2.05) is 14.0 Å². The highest BCUT2D eigenvalue weighted by atomic mass is 19.4. The van der Waals surface area contributed by atoms with E-state index in [1.165, 1.54) is 0 Å². The van der Waals surface area contributed by atoms with Crippen LogP contribution in [0.1, 0.15) is 18.9 Å². The number of aromatic nitrogens is 1. The number of pyridine rings is 1. The molecule has 7 nitrogen and oxygen atoms in total. The average Bonchev–Trinajstić information content (AvgIpc) is 2.82. The molecule has 2 aliphatic heterocycles. The lowest BCUT2D eigenvalue weighted by Gasteiger charge is -2.41. The van der Waals surface area contributed by atoms with Crippen LogP contribution in [0.2, 0.25) is 0 Å². The van der Waals surface area contributed by atoms with E-state index in [0.717, 1.165) is 26.2 Å². The number of nitriles is 1. The molecule has 0 aliphatic carbocycles. The maximum absolute atomic E-state index is 13.9. The van der Waals surface area contributed by atoms with Crippen molar-refractivity contribution < 1.29 is 18.0 Å². The highest BCUT2D eigenvalue weighted by Gasteiger charge is 2.45. The summed E-state index contributed by atoms with van der Waals surface area (Å²) < 4.78 is 41.6. The number of piperazine rings is 1. The third-order valence-corrected chi connectivity index (χ3v) is 6.93. The van der Waals surface area contributed by atoms with E-state index in [0.29, 0.717) is 22.2 Å². The normalized spacial score (nSPS) is 23.5. The van der Waals surface area contributed by atoms with E-state index >= 15 is 0 Å². The number of nitrogens with zero attached hydrogens (tertiary/aromatic N) is 5. The third-order valence-electron chi connectivity index (χ3n) is 6.93. The molecule has 3 heterocycles. The summed E-state index contributed by atoms with van der Waals surface area (Å²) in [5.41, 5.74) is 1.41. The molecule has 0 saturated carbocycles. The Kier molecular flexibility index (Phi) is 6.96. The van der Waals surface area contributed by atoms with E-state index in [2.05, 4.69) is 26.2 Å². The number of nitrogens with one attached hydrogen (secondary N) is 1. The zero-order valence-corrected chi connectivity index (χ0v) is 19.3. The van der Waals surface area contributed by atoms with Crippen LogP contribution < -0.4 is 10.2 Å². The minimum Gasteiger partial charge on any atom is -0.368 e. The Hall–Kier alpha value is -2.90. The number of carbonyl (C=O) groups excluding carboxylic acids is 1. The standard InChI is InChI=1S/C24H29F3N6O/c1-16(32-10-8-31(2)9-11-32)23(34)30-19-12-18(24(25,26)27)14-33(15-19)21-6-5-17(13-28)22-20(21)4-3-7-29-22/h3-7,16,18-19H,8-12,14-15H2,1-2H3,(H,30,34)/t16-,18-,19+/m0/s1. The van der Waals surface area contributed by atoms with Gasteiger partial charge in [0.1, 0.15) is 6.07 Å². The molecule has 1 aromatic carbocycles. The molecule has 34 heavy (non-hydrogen) atoms. The van der Waals surface area contributed by atoms with Crippen molar-refractivity contribution in [1.82, 2.24) is 20.1 Å². The van der Waals surface area contributed by atoms with Crippen LogP contribution in [0.15, 0.2) is 30.5 Å². The number of benzene rings is 1. The monoisotopic (exact) mass is 474 g/mol. The molecule has 4 rings (SSSR count). The Morgan fingerprint density at radius 2 is 1.94 bits per heavy atom. The average molecular weight is 475 g/mol. The minimum absolute atomic E-state index is 0.159. The second-order valence-corrected chi connectivity index (χ2v) is 9.24. The number of anilines is 1. The van der Waals surface area contributed by atoms with Gasteiger partial charge in [0.05, 0.1) is 23.0 Å². The third kappa shape index (κ3) is 5.10. The van der Waals surface area contributed by atoms with Gasteiger partial charge >= 0.3 is 6.18 Å². The molecular weight excluding hydrogens is 445 g/mol. The molecule has 2 aliphatic rings. The maximum Gasteiger partial charge on any atom is 0.393 e. The minimum atomic E-state index is -4.38. The highest BCUT2D eigenvalue weighted by Crippen LogP contribution is 2.37. The Bertz CT molecular complexity index is 1080. The van der Waals surface area contributed by atoms with Gasteiger partial charge in [-0.15, -0.1) is 0 Å². The number of piperidine rings is 1. The number of halogens is 3. The Morgan fingerprint density at radius 3 is 2.62 bits per heavy atom. The van der Waals surface area contributed by atoms with Crippen molar-refractivity contribution >= 4 is 22.5 Å². The first-order valence-electron chi connectivity index (χ1n) is 11.5. The lowest BCUT2D eigenvalue weighted by Crippen LogP contribution is -2.58. The number of amides is 1. The van der Waals surface area contributed by atoms with Gasteiger partial charge in [0.2, 0.25) is 5.91 Å². The fourth-order valence-corrected chi connectivity index (χ4v) is 4.86. The SMILES string of the molecule is C[C@@H](C(=O)N[C@@H]1C[C@H](C(F)(F)F)CN(c2ccc(C#N)c3ncccc23)C1)N1CCN(C)CC1. The molecule has 0 radical (unpaired) electrons. The summed E-state index contributed by atoms with van der Waals surface area (Å²) in [6.45, 7) is 5.05. The summed E-state index contributed by atoms with van der Waals surface area (Å²) in [7, 11) is 2.03. The second kappa shape index (κ2) is 9.76. The fourth-order valence-electron chi connectivity index (χ4n) is 4.86. The summed E-state index contributed by atoms with van der Waals surface area (Å²) >= 11 is 0. The molecule has 2 saturated heterocycles. The summed E-state index contributed by atoms with van der Waals surface area (Å²) in [6.07, 6.45) is -2.98. The number of alkyl halides is 3. The van der Waals surface area contributed by atoms with E-state index in [1.54, 1.807) is 35.4 Å². The Balaban J connectivity index is 1.56. The number of rotatable bonds is 4. The predicted molar refractivity (Wildman–Crippen MR) is 123 cm³/mol. The number of fused-ring (bicyclic) bond motifs is 1. The second-order valence-electron chi connectivity index (χ2n) is 9.24. The molecule has 1 N–H and O–H groups in total. The van der Waals surface area contributed by atoms with Crippen LogP contribution >= 0.6 is 0 Å². The molecule has 1 aromatic heterocycles. The molecule has 182 valence electrons. The Morgan fingerprint density at radius 1 is 1.21 bits per heavy atom. The van der Waals surface area contributed by atoms with E-state index in [-0.39, 0.29) is 25.4 Å². The molecule has 2 fully saturated rings. The predicted octanol–water partition coefficient (Wildman–Crippen LogP) is 2.62. The molecule has 10 heteroatoms. The molecule has 1 amide bonds. The number of likely N-dealkylation sites (N-methyl/N-ethyl adjacent to an activating group) is 1. The summed E-state index contributed by atoms with van der Waals surface area (Å²) in [5, 5.41) is 12.9. The van der Waals surface area contributed by atoms with Gasteiger partial charge in [0.25, 0.3) is 0 Å². The molecular formula is C24H29F3N6O. The summed E-state index contributed by atoms with van der Waals surface area (Å²) in [6, 6.07) is 7.76. The Labute approximate surface area is 197 Å². The van der Waals surface area contributed by atoms with Crippen LogP contribution in [0.5, 0.6) is 0 Å². The maximum atomic E-state index is 13.9. The smallest absolute Gasteiger partial charge is 0.368 e. The van der Waals surface area contributed by atoms with Crippen molar-refractivity contribution in [3.05, 3.63) is 36.0 Å². The topological polar surface area (TPSA) is 75.5 Å². The zero-order chi connectivity index (χ0) is 24.5. The van der Waals surface area contributed by atoms with E-state index in [9.17, 15) is 23.2 Å². The van der Waals surface area contributed by atoms with Crippen molar-refractivity contribution in [1.29, 1.82) is 5.26 Å². The van der Waals surface area contributed by atoms with Crippen molar-refractivity contribution in [2.45, 2.75) is 31.6 Å². The van der Waals surface area contributed by atoms with Gasteiger partial charge in [0, 0.05) is 62.6 Å². The van der Waals surface area contributed by atoms with Crippen molar-refractivity contribution in [3.63, 3.8) is 0 Å². The van der Waals surface area contributed by atoms with Crippen LogP contribution in [0.3, 0.4) is 0 Å². The van der Waals surface area contributed by atoms with E-state index in [4.69, 9.17) is 0 Å². The van der Waals surface area contributed by atoms with E-state index < -0.39 is 24.2 Å².